The molecule has 3 aromatic rings. The minimum atomic E-state index is -0.513. The lowest BCUT2D eigenvalue weighted by Crippen LogP contribution is -2.09. The SMILES string of the molecule is O=c1[nH]c2cc(Cl)c(I)cc2c(O)c1Oc1ccccc1. The van der Waals surface area contributed by atoms with Crippen molar-refractivity contribution in [2.45, 2.75) is 0 Å². The minimum absolute atomic E-state index is 0.133. The van der Waals surface area contributed by atoms with E-state index in [-0.39, 0.29) is 11.5 Å². The average molecular weight is 414 g/mol. The molecule has 106 valence electrons. The van der Waals surface area contributed by atoms with Crippen LogP contribution < -0.4 is 10.3 Å². The Bertz CT molecular complexity index is 877. The summed E-state index contributed by atoms with van der Waals surface area (Å²) in [5.41, 5.74) is -0.0514. The van der Waals surface area contributed by atoms with E-state index in [9.17, 15) is 9.90 Å². The molecule has 0 spiro atoms. The van der Waals surface area contributed by atoms with Crippen LogP contribution in [0.5, 0.6) is 17.2 Å². The van der Waals surface area contributed by atoms with Crippen molar-refractivity contribution in [3.05, 3.63) is 61.4 Å². The molecule has 6 heteroatoms. The van der Waals surface area contributed by atoms with Crippen molar-refractivity contribution in [3.8, 4) is 17.2 Å². The molecule has 0 aliphatic carbocycles. The van der Waals surface area contributed by atoms with E-state index in [1.807, 2.05) is 6.07 Å². The minimum Gasteiger partial charge on any atom is -0.504 e. The molecule has 0 saturated heterocycles. The van der Waals surface area contributed by atoms with Crippen LogP contribution in [0, 0.1) is 3.57 Å². The summed E-state index contributed by atoms with van der Waals surface area (Å²) < 4.78 is 6.26. The lowest BCUT2D eigenvalue weighted by molar-refractivity contribution is 0.410. The smallest absolute Gasteiger partial charge is 0.295 e. The Kier molecular flexibility index (Phi) is 3.77. The van der Waals surface area contributed by atoms with Gasteiger partial charge in [-0.3, -0.25) is 4.79 Å². The van der Waals surface area contributed by atoms with Gasteiger partial charge < -0.3 is 14.8 Å². The van der Waals surface area contributed by atoms with Gasteiger partial charge in [-0.25, -0.2) is 0 Å². The number of rotatable bonds is 2. The maximum absolute atomic E-state index is 12.1. The zero-order valence-corrected chi connectivity index (χ0v) is 13.5. The third-order valence-electron chi connectivity index (χ3n) is 2.95. The van der Waals surface area contributed by atoms with Gasteiger partial charge in [0.2, 0.25) is 5.75 Å². The highest BCUT2D eigenvalue weighted by molar-refractivity contribution is 14.1. The first-order valence-electron chi connectivity index (χ1n) is 6.03. The maximum Gasteiger partial charge on any atom is 0.295 e. The highest BCUT2D eigenvalue weighted by Crippen LogP contribution is 2.35. The predicted octanol–water partition coefficient (Wildman–Crippen LogP) is 4.28. The molecule has 3 rings (SSSR count). The second kappa shape index (κ2) is 5.57. The number of para-hydroxylation sites is 1. The van der Waals surface area contributed by atoms with Crippen LogP contribution in [0.3, 0.4) is 0 Å². The average Bonchev–Trinajstić information content (AvgIpc) is 2.47. The van der Waals surface area contributed by atoms with E-state index in [4.69, 9.17) is 16.3 Å². The monoisotopic (exact) mass is 413 g/mol. The Morgan fingerprint density at radius 1 is 1.19 bits per heavy atom. The van der Waals surface area contributed by atoms with Crippen molar-refractivity contribution < 1.29 is 9.84 Å². The first-order chi connectivity index (χ1) is 10.1. The molecule has 2 aromatic carbocycles. The second-order valence-corrected chi connectivity index (χ2v) is 5.93. The van der Waals surface area contributed by atoms with Crippen LogP contribution >= 0.6 is 34.2 Å². The normalized spacial score (nSPS) is 10.8. The molecule has 0 atom stereocenters. The molecule has 0 saturated carbocycles. The largest absolute Gasteiger partial charge is 0.504 e. The van der Waals surface area contributed by atoms with Gasteiger partial charge in [0.1, 0.15) is 5.75 Å². The Morgan fingerprint density at radius 2 is 1.90 bits per heavy atom. The summed E-state index contributed by atoms with van der Waals surface area (Å²) in [5.74, 6) is 0.139. The standard InChI is InChI=1S/C15H9ClINO3/c16-10-7-12-9(6-11(10)17)13(19)14(15(20)18-12)21-8-4-2-1-3-5-8/h1-7H,(H2,18,19,20). The molecule has 0 aliphatic heterocycles. The van der Waals surface area contributed by atoms with Crippen LogP contribution in [0.2, 0.25) is 5.02 Å². The summed E-state index contributed by atoms with van der Waals surface area (Å²) in [7, 11) is 0. The number of hydrogen-bond acceptors (Lipinski definition) is 3. The maximum atomic E-state index is 12.1. The van der Waals surface area contributed by atoms with Gasteiger partial charge >= 0.3 is 0 Å². The number of H-pyrrole nitrogens is 1. The Labute approximate surface area is 138 Å². The topological polar surface area (TPSA) is 62.3 Å². The summed E-state index contributed by atoms with van der Waals surface area (Å²) in [6, 6.07) is 12.1. The van der Waals surface area contributed by atoms with Crippen molar-refractivity contribution in [3.63, 3.8) is 0 Å². The number of nitrogens with one attached hydrogen (secondary N) is 1. The number of benzene rings is 2. The van der Waals surface area contributed by atoms with E-state index in [1.165, 1.54) is 0 Å². The molecule has 2 N–H and O–H groups in total. The van der Waals surface area contributed by atoms with Crippen molar-refractivity contribution in [2.24, 2.45) is 0 Å². The molecule has 0 amide bonds. The van der Waals surface area contributed by atoms with E-state index < -0.39 is 5.56 Å². The summed E-state index contributed by atoms with van der Waals surface area (Å²) in [4.78, 5) is 14.7. The van der Waals surface area contributed by atoms with Crippen LogP contribution in [0.25, 0.3) is 10.9 Å². The number of aromatic hydroxyl groups is 1. The Balaban J connectivity index is 2.20. The van der Waals surface area contributed by atoms with E-state index in [2.05, 4.69) is 27.6 Å². The van der Waals surface area contributed by atoms with Crippen LogP contribution in [0.1, 0.15) is 0 Å². The fraction of sp³-hybridized carbons (Fsp3) is 0. The molecule has 1 heterocycles. The molecule has 0 unspecified atom stereocenters. The van der Waals surface area contributed by atoms with E-state index in [1.54, 1.807) is 36.4 Å². The van der Waals surface area contributed by atoms with Crippen molar-refractivity contribution in [1.82, 2.24) is 4.98 Å². The summed E-state index contributed by atoms with van der Waals surface area (Å²) in [6.45, 7) is 0. The fourth-order valence-electron chi connectivity index (χ4n) is 1.96. The molecule has 21 heavy (non-hydrogen) atoms. The second-order valence-electron chi connectivity index (χ2n) is 4.36. The lowest BCUT2D eigenvalue weighted by atomic mass is 10.2. The first-order valence-corrected chi connectivity index (χ1v) is 7.49. The summed E-state index contributed by atoms with van der Waals surface area (Å²) >= 11 is 8.08. The van der Waals surface area contributed by atoms with E-state index in [0.29, 0.717) is 21.7 Å². The molecular formula is C15H9ClINO3. The van der Waals surface area contributed by atoms with Gasteiger partial charge in [0.15, 0.2) is 5.75 Å². The number of pyridine rings is 1. The molecule has 0 bridgehead atoms. The number of fused-ring (bicyclic) bond motifs is 1. The Hall–Kier alpha value is -1.73. The van der Waals surface area contributed by atoms with Gasteiger partial charge in [-0.2, -0.15) is 0 Å². The number of halogens is 2. The summed E-state index contributed by atoms with van der Waals surface area (Å²) in [6.07, 6.45) is 0. The quantitative estimate of drug-likeness (QED) is 0.616. The lowest BCUT2D eigenvalue weighted by Gasteiger charge is -2.09. The van der Waals surface area contributed by atoms with E-state index in [0.717, 1.165) is 3.57 Å². The number of aromatic nitrogens is 1. The molecule has 0 fully saturated rings. The summed E-state index contributed by atoms with van der Waals surface area (Å²) in [5, 5.41) is 11.3. The molecular weight excluding hydrogens is 405 g/mol. The van der Waals surface area contributed by atoms with Gasteiger partial charge in [-0.05, 0) is 46.9 Å². The van der Waals surface area contributed by atoms with Crippen molar-refractivity contribution >= 4 is 45.1 Å². The van der Waals surface area contributed by atoms with Gasteiger partial charge in [0, 0.05) is 8.96 Å². The van der Waals surface area contributed by atoms with Crippen LogP contribution in [0.4, 0.5) is 0 Å². The predicted molar refractivity (Wildman–Crippen MR) is 90.5 cm³/mol. The van der Waals surface area contributed by atoms with Gasteiger partial charge in [0.05, 0.1) is 10.5 Å². The molecule has 1 aromatic heterocycles. The zero-order chi connectivity index (χ0) is 15.0. The van der Waals surface area contributed by atoms with Gasteiger partial charge in [-0.15, -0.1) is 0 Å². The van der Waals surface area contributed by atoms with E-state index >= 15 is 0 Å². The van der Waals surface area contributed by atoms with Crippen molar-refractivity contribution in [1.29, 1.82) is 0 Å². The van der Waals surface area contributed by atoms with Crippen LogP contribution in [-0.4, -0.2) is 10.1 Å². The van der Waals surface area contributed by atoms with Crippen LogP contribution in [0.15, 0.2) is 47.3 Å². The third-order valence-corrected chi connectivity index (χ3v) is 4.47. The van der Waals surface area contributed by atoms with Gasteiger partial charge in [-0.1, -0.05) is 29.8 Å². The number of hydrogen-bond donors (Lipinski definition) is 2. The van der Waals surface area contributed by atoms with Crippen molar-refractivity contribution in [2.75, 3.05) is 0 Å². The third kappa shape index (κ3) is 2.71. The highest BCUT2D eigenvalue weighted by atomic mass is 127. The molecule has 4 nitrogen and oxygen atoms in total. The highest BCUT2D eigenvalue weighted by Gasteiger charge is 2.15. The number of ether oxygens (including phenoxy) is 1. The Morgan fingerprint density at radius 3 is 2.62 bits per heavy atom. The zero-order valence-electron chi connectivity index (χ0n) is 10.6. The first kappa shape index (κ1) is 14.2. The number of aromatic amines is 1. The van der Waals surface area contributed by atoms with Gasteiger partial charge in [0.25, 0.3) is 5.56 Å². The molecule has 0 radical (unpaired) electrons. The molecule has 0 aliphatic rings. The van der Waals surface area contributed by atoms with Crippen LogP contribution in [-0.2, 0) is 0 Å². The fourth-order valence-corrected chi connectivity index (χ4v) is 2.59.